The highest BCUT2D eigenvalue weighted by atomic mass is 16.2. The Morgan fingerprint density at radius 1 is 1.22 bits per heavy atom. The second kappa shape index (κ2) is 10.3. The summed E-state index contributed by atoms with van der Waals surface area (Å²) in [7, 11) is 0. The first-order valence-corrected chi connectivity index (χ1v) is 7.31. The quantitative estimate of drug-likeness (QED) is 0.627. The first-order chi connectivity index (χ1) is 8.56. The van der Waals surface area contributed by atoms with E-state index in [1.54, 1.807) is 0 Å². The van der Waals surface area contributed by atoms with Crippen molar-refractivity contribution in [2.45, 2.75) is 65.5 Å². The SMILES string of the molecule is CCCC(C)NC(=O)C(C)N(CCC)CCCN. The highest BCUT2D eigenvalue weighted by Gasteiger charge is 2.21. The molecule has 0 heterocycles. The third-order valence-electron chi connectivity index (χ3n) is 3.20. The van der Waals surface area contributed by atoms with Crippen molar-refractivity contribution in [1.29, 1.82) is 0 Å². The lowest BCUT2D eigenvalue weighted by Crippen LogP contribution is -2.48. The summed E-state index contributed by atoms with van der Waals surface area (Å²) in [4.78, 5) is 14.3. The predicted molar refractivity (Wildman–Crippen MR) is 77.5 cm³/mol. The molecule has 0 aliphatic heterocycles. The maximum atomic E-state index is 12.1. The van der Waals surface area contributed by atoms with Crippen molar-refractivity contribution in [1.82, 2.24) is 10.2 Å². The number of nitrogens with two attached hydrogens (primary N) is 1. The van der Waals surface area contributed by atoms with Gasteiger partial charge in [-0.25, -0.2) is 0 Å². The van der Waals surface area contributed by atoms with Crippen LogP contribution < -0.4 is 11.1 Å². The third-order valence-corrected chi connectivity index (χ3v) is 3.20. The lowest BCUT2D eigenvalue weighted by molar-refractivity contribution is -0.126. The van der Waals surface area contributed by atoms with Crippen LogP contribution in [-0.4, -0.2) is 42.5 Å². The van der Waals surface area contributed by atoms with Crippen LogP contribution in [0.15, 0.2) is 0 Å². The molecule has 0 radical (unpaired) electrons. The van der Waals surface area contributed by atoms with Gasteiger partial charge in [0, 0.05) is 12.6 Å². The van der Waals surface area contributed by atoms with Gasteiger partial charge in [-0.2, -0.15) is 0 Å². The van der Waals surface area contributed by atoms with Crippen LogP contribution in [0.5, 0.6) is 0 Å². The zero-order valence-electron chi connectivity index (χ0n) is 12.5. The minimum atomic E-state index is -0.0594. The third kappa shape index (κ3) is 6.97. The number of amides is 1. The van der Waals surface area contributed by atoms with Gasteiger partial charge in [0.15, 0.2) is 0 Å². The topological polar surface area (TPSA) is 58.4 Å². The second-order valence-electron chi connectivity index (χ2n) is 5.05. The summed E-state index contributed by atoms with van der Waals surface area (Å²) in [5, 5.41) is 3.08. The van der Waals surface area contributed by atoms with Crippen LogP contribution in [0.25, 0.3) is 0 Å². The van der Waals surface area contributed by atoms with Gasteiger partial charge in [-0.1, -0.05) is 20.3 Å². The van der Waals surface area contributed by atoms with Gasteiger partial charge in [-0.3, -0.25) is 9.69 Å². The average molecular weight is 257 g/mol. The molecule has 18 heavy (non-hydrogen) atoms. The summed E-state index contributed by atoms with van der Waals surface area (Å²) < 4.78 is 0. The van der Waals surface area contributed by atoms with E-state index in [9.17, 15) is 4.79 Å². The summed E-state index contributed by atoms with van der Waals surface area (Å²) in [6.45, 7) is 10.9. The standard InChI is InChI=1S/C14H31N3O/c1-5-8-12(3)16-14(18)13(4)17(10-6-2)11-7-9-15/h12-13H,5-11,15H2,1-4H3,(H,16,18). The highest BCUT2D eigenvalue weighted by Crippen LogP contribution is 2.04. The predicted octanol–water partition coefficient (Wildman–Crippen LogP) is 1.74. The Bertz CT molecular complexity index is 221. The normalized spacial score (nSPS) is 14.6. The molecule has 0 aromatic rings. The molecule has 0 spiro atoms. The van der Waals surface area contributed by atoms with E-state index in [0.717, 1.165) is 38.8 Å². The Morgan fingerprint density at radius 2 is 1.89 bits per heavy atom. The molecule has 2 atom stereocenters. The second-order valence-corrected chi connectivity index (χ2v) is 5.05. The minimum Gasteiger partial charge on any atom is -0.352 e. The Hall–Kier alpha value is -0.610. The maximum absolute atomic E-state index is 12.1. The van der Waals surface area contributed by atoms with E-state index in [2.05, 4.69) is 31.0 Å². The Morgan fingerprint density at radius 3 is 2.39 bits per heavy atom. The van der Waals surface area contributed by atoms with Gasteiger partial charge in [0.25, 0.3) is 0 Å². The first kappa shape index (κ1) is 17.4. The molecule has 4 nitrogen and oxygen atoms in total. The molecule has 0 saturated carbocycles. The Balaban J connectivity index is 4.26. The van der Waals surface area contributed by atoms with Gasteiger partial charge in [0.05, 0.1) is 6.04 Å². The molecule has 0 fully saturated rings. The van der Waals surface area contributed by atoms with E-state index in [4.69, 9.17) is 5.73 Å². The van der Waals surface area contributed by atoms with Crippen LogP contribution in [-0.2, 0) is 4.79 Å². The number of carbonyl (C=O) groups is 1. The van der Waals surface area contributed by atoms with E-state index in [1.807, 2.05) is 6.92 Å². The van der Waals surface area contributed by atoms with Gasteiger partial charge in [-0.15, -0.1) is 0 Å². The van der Waals surface area contributed by atoms with Crippen molar-refractivity contribution in [3.05, 3.63) is 0 Å². The Labute approximate surface area is 112 Å². The molecule has 0 saturated heterocycles. The van der Waals surface area contributed by atoms with Crippen molar-refractivity contribution >= 4 is 5.91 Å². The lowest BCUT2D eigenvalue weighted by Gasteiger charge is -2.28. The van der Waals surface area contributed by atoms with Crippen LogP contribution in [0, 0.1) is 0 Å². The monoisotopic (exact) mass is 257 g/mol. The van der Waals surface area contributed by atoms with Crippen molar-refractivity contribution < 1.29 is 4.79 Å². The number of carbonyl (C=O) groups excluding carboxylic acids is 1. The molecular formula is C14H31N3O. The molecule has 4 heteroatoms. The van der Waals surface area contributed by atoms with Crippen molar-refractivity contribution in [3.8, 4) is 0 Å². The molecule has 0 aliphatic carbocycles. The van der Waals surface area contributed by atoms with E-state index < -0.39 is 0 Å². The Kier molecular flexibility index (Phi) is 9.98. The van der Waals surface area contributed by atoms with Gasteiger partial charge < -0.3 is 11.1 Å². The summed E-state index contributed by atoms with van der Waals surface area (Å²) in [5.41, 5.74) is 5.54. The summed E-state index contributed by atoms with van der Waals surface area (Å²) in [6.07, 6.45) is 4.14. The van der Waals surface area contributed by atoms with Crippen molar-refractivity contribution in [3.63, 3.8) is 0 Å². The number of nitrogens with zero attached hydrogens (tertiary/aromatic N) is 1. The summed E-state index contributed by atoms with van der Waals surface area (Å²) in [5.74, 6) is 0.140. The van der Waals surface area contributed by atoms with E-state index in [0.29, 0.717) is 6.54 Å². The molecule has 2 unspecified atom stereocenters. The number of hydrogen-bond donors (Lipinski definition) is 2. The van der Waals surface area contributed by atoms with Crippen LogP contribution in [0.4, 0.5) is 0 Å². The molecule has 0 aromatic carbocycles. The molecule has 3 N–H and O–H groups in total. The zero-order valence-corrected chi connectivity index (χ0v) is 12.5. The van der Waals surface area contributed by atoms with Crippen LogP contribution >= 0.6 is 0 Å². The fraction of sp³-hybridized carbons (Fsp3) is 0.929. The molecule has 0 aliphatic rings. The van der Waals surface area contributed by atoms with Gasteiger partial charge in [0.2, 0.25) is 5.91 Å². The highest BCUT2D eigenvalue weighted by molar-refractivity contribution is 5.81. The molecular weight excluding hydrogens is 226 g/mol. The number of rotatable bonds is 10. The fourth-order valence-corrected chi connectivity index (χ4v) is 2.12. The summed E-state index contributed by atoms with van der Waals surface area (Å²) in [6, 6.07) is 0.207. The number of nitrogens with one attached hydrogen (secondary N) is 1. The zero-order chi connectivity index (χ0) is 14.0. The average Bonchev–Trinajstić information content (AvgIpc) is 2.33. The smallest absolute Gasteiger partial charge is 0.237 e. The van der Waals surface area contributed by atoms with E-state index >= 15 is 0 Å². The van der Waals surface area contributed by atoms with Crippen LogP contribution in [0.3, 0.4) is 0 Å². The lowest BCUT2D eigenvalue weighted by atomic mass is 10.1. The minimum absolute atomic E-state index is 0.0594. The molecule has 0 aromatic heterocycles. The maximum Gasteiger partial charge on any atom is 0.237 e. The van der Waals surface area contributed by atoms with Gasteiger partial charge >= 0.3 is 0 Å². The van der Waals surface area contributed by atoms with Gasteiger partial charge in [0.1, 0.15) is 0 Å². The largest absolute Gasteiger partial charge is 0.352 e. The molecule has 108 valence electrons. The van der Waals surface area contributed by atoms with Crippen molar-refractivity contribution in [2.24, 2.45) is 5.73 Å². The first-order valence-electron chi connectivity index (χ1n) is 7.31. The van der Waals surface area contributed by atoms with E-state index in [1.165, 1.54) is 0 Å². The van der Waals surface area contributed by atoms with Crippen molar-refractivity contribution in [2.75, 3.05) is 19.6 Å². The number of hydrogen-bond acceptors (Lipinski definition) is 3. The molecule has 1 amide bonds. The van der Waals surface area contributed by atoms with Gasteiger partial charge in [-0.05, 0) is 46.2 Å². The fourth-order valence-electron chi connectivity index (χ4n) is 2.12. The molecule has 0 bridgehead atoms. The molecule has 0 rings (SSSR count). The van der Waals surface area contributed by atoms with E-state index in [-0.39, 0.29) is 18.0 Å². The van der Waals surface area contributed by atoms with Crippen LogP contribution in [0.1, 0.15) is 53.4 Å². The van der Waals surface area contributed by atoms with Crippen LogP contribution in [0.2, 0.25) is 0 Å². The summed E-state index contributed by atoms with van der Waals surface area (Å²) >= 11 is 0.